The minimum absolute atomic E-state index is 0.0197. The van der Waals surface area contributed by atoms with Gasteiger partial charge in [-0.2, -0.15) is 0 Å². The molecule has 0 radical (unpaired) electrons. The Kier molecular flexibility index (Phi) is 4.63. The summed E-state index contributed by atoms with van der Waals surface area (Å²) >= 11 is 0. The Morgan fingerprint density at radius 3 is 2.26 bits per heavy atom. The summed E-state index contributed by atoms with van der Waals surface area (Å²) in [5.41, 5.74) is 5.71. The number of hydrogen-bond acceptors (Lipinski definition) is 5. The highest BCUT2D eigenvalue weighted by Gasteiger charge is 2.35. The Labute approximate surface area is 134 Å². The van der Waals surface area contributed by atoms with Crippen LogP contribution in [0.1, 0.15) is 58.9 Å². The Morgan fingerprint density at radius 1 is 1.30 bits per heavy atom. The molecule has 1 aromatic carbocycles. The van der Waals surface area contributed by atoms with E-state index in [9.17, 15) is 14.7 Å². The van der Waals surface area contributed by atoms with E-state index >= 15 is 0 Å². The first-order valence-electron chi connectivity index (χ1n) is 7.20. The summed E-state index contributed by atoms with van der Waals surface area (Å²) in [7, 11) is 1.35. The van der Waals surface area contributed by atoms with Crippen LogP contribution in [0.25, 0.3) is 0 Å². The molecule has 1 amide bonds. The molecule has 0 aromatic heterocycles. The van der Waals surface area contributed by atoms with Crippen LogP contribution in [0.5, 0.6) is 5.75 Å². The van der Waals surface area contributed by atoms with Crippen LogP contribution in [0, 0.1) is 0 Å². The number of aromatic carboxylic acids is 1. The first kappa shape index (κ1) is 17.2. The molecule has 0 spiro atoms. The van der Waals surface area contributed by atoms with E-state index in [0.717, 1.165) is 0 Å². The van der Waals surface area contributed by atoms with E-state index in [1.165, 1.54) is 13.2 Å². The third kappa shape index (κ3) is 3.16. The lowest BCUT2D eigenvalue weighted by molar-refractivity contribution is -0.0463. The summed E-state index contributed by atoms with van der Waals surface area (Å²) in [6, 6.07) is 1.48. The van der Waals surface area contributed by atoms with Crippen molar-refractivity contribution < 1.29 is 28.9 Å². The molecule has 1 aliphatic heterocycles. The zero-order valence-corrected chi connectivity index (χ0v) is 13.6. The van der Waals surface area contributed by atoms with E-state index in [4.69, 9.17) is 19.9 Å². The van der Waals surface area contributed by atoms with Crippen molar-refractivity contribution in [1.29, 1.82) is 0 Å². The van der Waals surface area contributed by atoms with Gasteiger partial charge in [0.05, 0.1) is 37.0 Å². The van der Waals surface area contributed by atoms with Crippen LogP contribution < -0.4 is 10.5 Å². The first-order chi connectivity index (χ1) is 10.7. The van der Waals surface area contributed by atoms with E-state index in [1.807, 2.05) is 20.8 Å². The Hall–Kier alpha value is -2.12. The summed E-state index contributed by atoms with van der Waals surface area (Å²) in [6.45, 7) is 6.22. The van der Waals surface area contributed by atoms with Gasteiger partial charge < -0.3 is 25.1 Å². The van der Waals surface area contributed by atoms with Gasteiger partial charge in [-0.05, 0) is 17.0 Å². The molecule has 7 heteroatoms. The number of rotatable bonds is 4. The van der Waals surface area contributed by atoms with Crippen molar-refractivity contribution in [1.82, 2.24) is 0 Å². The number of ether oxygens (including phenoxy) is 3. The Morgan fingerprint density at radius 2 is 1.87 bits per heavy atom. The van der Waals surface area contributed by atoms with Gasteiger partial charge >= 0.3 is 5.97 Å². The number of methoxy groups -OCH3 is 1. The molecule has 1 aromatic rings. The Bertz CT molecular complexity index is 641. The zero-order chi connectivity index (χ0) is 17.4. The van der Waals surface area contributed by atoms with Gasteiger partial charge in [0, 0.05) is 0 Å². The van der Waals surface area contributed by atoms with Crippen LogP contribution in [0.15, 0.2) is 6.07 Å². The lowest BCUT2D eigenvalue weighted by atomic mass is 9.80. The van der Waals surface area contributed by atoms with Crippen LogP contribution in [-0.2, 0) is 14.9 Å². The number of nitrogens with two attached hydrogens (primary N) is 1. The normalized spacial score (nSPS) is 15.7. The molecule has 0 unspecified atom stereocenters. The molecule has 1 heterocycles. The minimum atomic E-state index is -1.14. The maximum atomic E-state index is 11.9. The standard InChI is InChI=1S/C16H21NO6/c1-16(2,3)9-7-8(13(17)18)12(21-4)11(10(9)14(19)20)15-22-5-6-23-15/h7,15H,5-6H2,1-4H3,(H2,17,18)(H,19,20). The topological polar surface area (TPSA) is 108 Å². The molecule has 3 N–H and O–H groups in total. The van der Waals surface area contributed by atoms with Crippen LogP contribution in [-0.4, -0.2) is 37.3 Å². The van der Waals surface area contributed by atoms with Crippen molar-refractivity contribution in [3.63, 3.8) is 0 Å². The SMILES string of the molecule is COc1c(C(N)=O)cc(C(C)(C)C)c(C(=O)O)c1C1OCCO1. The average molecular weight is 323 g/mol. The molecular weight excluding hydrogens is 302 g/mol. The minimum Gasteiger partial charge on any atom is -0.495 e. The number of carbonyl (C=O) groups excluding carboxylic acids is 1. The predicted molar refractivity (Wildman–Crippen MR) is 81.8 cm³/mol. The van der Waals surface area contributed by atoms with Gasteiger partial charge in [0.25, 0.3) is 5.91 Å². The number of carbonyl (C=O) groups is 2. The van der Waals surface area contributed by atoms with Crippen LogP contribution in [0.4, 0.5) is 0 Å². The van der Waals surface area contributed by atoms with E-state index in [-0.39, 0.29) is 22.4 Å². The molecular formula is C16H21NO6. The second kappa shape index (κ2) is 6.17. The number of hydrogen-bond donors (Lipinski definition) is 2. The third-order valence-electron chi connectivity index (χ3n) is 3.67. The maximum absolute atomic E-state index is 11.9. The van der Waals surface area contributed by atoms with Gasteiger partial charge in [-0.3, -0.25) is 4.79 Å². The fourth-order valence-corrected chi connectivity index (χ4v) is 2.66. The lowest BCUT2D eigenvalue weighted by Crippen LogP contribution is -2.24. The van der Waals surface area contributed by atoms with Crippen molar-refractivity contribution in [3.05, 3.63) is 28.3 Å². The Balaban J connectivity index is 2.89. The number of carboxylic acid groups (broad SMARTS) is 1. The molecule has 0 saturated carbocycles. The van der Waals surface area contributed by atoms with Crippen molar-refractivity contribution >= 4 is 11.9 Å². The molecule has 23 heavy (non-hydrogen) atoms. The fourth-order valence-electron chi connectivity index (χ4n) is 2.66. The van der Waals surface area contributed by atoms with E-state index in [0.29, 0.717) is 18.8 Å². The highest BCUT2D eigenvalue weighted by Crippen LogP contribution is 2.41. The number of benzene rings is 1. The van der Waals surface area contributed by atoms with E-state index < -0.39 is 23.6 Å². The summed E-state index contributed by atoms with van der Waals surface area (Å²) in [6.07, 6.45) is -0.906. The monoisotopic (exact) mass is 323 g/mol. The molecule has 0 atom stereocenters. The van der Waals surface area contributed by atoms with Gasteiger partial charge in [0.2, 0.25) is 0 Å². The second-order valence-corrected chi connectivity index (χ2v) is 6.29. The van der Waals surface area contributed by atoms with Crippen molar-refractivity contribution in [3.8, 4) is 5.75 Å². The highest BCUT2D eigenvalue weighted by molar-refractivity contribution is 6.00. The average Bonchev–Trinajstić information content (AvgIpc) is 2.97. The molecule has 2 rings (SSSR count). The van der Waals surface area contributed by atoms with Crippen LogP contribution >= 0.6 is 0 Å². The fraction of sp³-hybridized carbons (Fsp3) is 0.500. The summed E-state index contributed by atoms with van der Waals surface area (Å²) in [5.74, 6) is -1.77. The van der Waals surface area contributed by atoms with Gasteiger partial charge in [-0.15, -0.1) is 0 Å². The quantitative estimate of drug-likeness (QED) is 0.875. The number of carboxylic acids is 1. The van der Waals surface area contributed by atoms with Crippen LogP contribution in [0.3, 0.4) is 0 Å². The molecule has 0 bridgehead atoms. The largest absolute Gasteiger partial charge is 0.495 e. The molecule has 1 saturated heterocycles. The summed E-state index contributed by atoms with van der Waals surface area (Å²) < 4.78 is 16.2. The van der Waals surface area contributed by atoms with Crippen molar-refractivity contribution in [2.45, 2.75) is 32.5 Å². The van der Waals surface area contributed by atoms with Crippen molar-refractivity contribution in [2.75, 3.05) is 20.3 Å². The molecule has 1 fully saturated rings. The second-order valence-electron chi connectivity index (χ2n) is 6.29. The molecule has 7 nitrogen and oxygen atoms in total. The van der Waals surface area contributed by atoms with E-state index in [2.05, 4.69) is 0 Å². The molecule has 0 aliphatic carbocycles. The molecule has 1 aliphatic rings. The first-order valence-corrected chi connectivity index (χ1v) is 7.20. The lowest BCUT2D eigenvalue weighted by Gasteiger charge is -2.27. The highest BCUT2D eigenvalue weighted by atomic mass is 16.7. The van der Waals surface area contributed by atoms with Gasteiger partial charge in [-0.1, -0.05) is 20.8 Å². The van der Waals surface area contributed by atoms with E-state index in [1.54, 1.807) is 0 Å². The van der Waals surface area contributed by atoms with Crippen LogP contribution in [0.2, 0.25) is 0 Å². The van der Waals surface area contributed by atoms with Gasteiger partial charge in [0.1, 0.15) is 5.75 Å². The zero-order valence-electron chi connectivity index (χ0n) is 13.6. The predicted octanol–water partition coefficient (Wildman–Crippen LogP) is 1.84. The van der Waals surface area contributed by atoms with Gasteiger partial charge in [-0.25, -0.2) is 4.79 Å². The summed E-state index contributed by atoms with van der Waals surface area (Å²) in [5, 5.41) is 9.74. The molecule has 126 valence electrons. The van der Waals surface area contributed by atoms with Gasteiger partial charge in [0.15, 0.2) is 6.29 Å². The smallest absolute Gasteiger partial charge is 0.336 e. The number of primary amides is 1. The maximum Gasteiger partial charge on any atom is 0.336 e. The summed E-state index contributed by atoms with van der Waals surface area (Å²) in [4.78, 5) is 23.7. The third-order valence-corrected chi connectivity index (χ3v) is 3.67. The number of amides is 1. The van der Waals surface area contributed by atoms with Crippen molar-refractivity contribution in [2.24, 2.45) is 5.73 Å².